The lowest BCUT2D eigenvalue weighted by atomic mass is 10.2. The van der Waals surface area contributed by atoms with Crippen molar-refractivity contribution in [2.24, 2.45) is 0 Å². The summed E-state index contributed by atoms with van der Waals surface area (Å²) >= 11 is 0. The monoisotopic (exact) mass is 354 g/mol. The molecule has 0 saturated carbocycles. The van der Waals surface area contributed by atoms with Crippen LogP contribution in [0.15, 0.2) is 42.7 Å². The maximum atomic E-state index is 12.7. The molecule has 0 bridgehead atoms. The average molecular weight is 354 g/mol. The number of rotatable bonds is 4. The number of amides is 1. The number of aromatic nitrogens is 2. The summed E-state index contributed by atoms with van der Waals surface area (Å²) in [6, 6.07) is 9.42. The summed E-state index contributed by atoms with van der Waals surface area (Å²) in [7, 11) is 0. The third kappa shape index (κ3) is 3.77. The lowest BCUT2D eigenvalue weighted by Crippen LogP contribution is -2.49. The van der Waals surface area contributed by atoms with E-state index in [9.17, 15) is 4.79 Å². The summed E-state index contributed by atoms with van der Waals surface area (Å²) < 4.78 is 11.0. The second-order valence-electron chi connectivity index (χ2n) is 6.46. The van der Waals surface area contributed by atoms with Gasteiger partial charge in [0.2, 0.25) is 5.88 Å². The molecule has 4 rings (SSSR count). The number of anilines is 1. The Balaban J connectivity index is 1.33. The van der Waals surface area contributed by atoms with Gasteiger partial charge in [0.15, 0.2) is 0 Å². The van der Waals surface area contributed by atoms with Gasteiger partial charge in [0.1, 0.15) is 11.9 Å². The van der Waals surface area contributed by atoms with E-state index in [-0.39, 0.29) is 12.0 Å². The number of ether oxygens (including phenoxy) is 2. The van der Waals surface area contributed by atoms with Gasteiger partial charge in [-0.05, 0) is 18.2 Å². The maximum absolute atomic E-state index is 12.7. The van der Waals surface area contributed by atoms with Crippen molar-refractivity contribution in [3.05, 3.63) is 48.3 Å². The van der Waals surface area contributed by atoms with E-state index in [1.807, 2.05) is 23.1 Å². The molecule has 7 nitrogen and oxygen atoms in total. The Hall–Kier alpha value is -2.67. The molecule has 0 N–H and O–H groups in total. The van der Waals surface area contributed by atoms with Crippen molar-refractivity contribution in [1.82, 2.24) is 14.9 Å². The van der Waals surface area contributed by atoms with E-state index in [4.69, 9.17) is 9.47 Å². The summed E-state index contributed by atoms with van der Waals surface area (Å²) in [5.74, 6) is 1.50. The predicted molar refractivity (Wildman–Crippen MR) is 96.4 cm³/mol. The molecule has 2 aromatic rings. The first-order chi connectivity index (χ1) is 12.8. The molecular formula is C19H22N4O3. The van der Waals surface area contributed by atoms with E-state index in [2.05, 4.69) is 14.9 Å². The van der Waals surface area contributed by atoms with Gasteiger partial charge in [-0.1, -0.05) is 6.07 Å². The van der Waals surface area contributed by atoms with Crippen LogP contribution < -0.4 is 9.64 Å². The van der Waals surface area contributed by atoms with Crippen LogP contribution in [-0.4, -0.2) is 66.3 Å². The predicted octanol–water partition coefficient (Wildman–Crippen LogP) is 1.61. The smallest absolute Gasteiger partial charge is 0.255 e. The zero-order valence-corrected chi connectivity index (χ0v) is 14.6. The number of pyridine rings is 2. The Morgan fingerprint density at radius 2 is 2.00 bits per heavy atom. The van der Waals surface area contributed by atoms with E-state index in [1.165, 1.54) is 0 Å². The molecule has 0 aliphatic carbocycles. The molecule has 4 heterocycles. The molecule has 1 amide bonds. The van der Waals surface area contributed by atoms with E-state index >= 15 is 0 Å². The zero-order chi connectivity index (χ0) is 17.8. The average Bonchev–Trinajstić information content (AvgIpc) is 3.22. The minimum atomic E-state index is 0.00826. The van der Waals surface area contributed by atoms with Crippen molar-refractivity contribution in [3.8, 4) is 5.88 Å². The minimum absolute atomic E-state index is 0.00826. The third-order valence-corrected chi connectivity index (χ3v) is 4.70. The molecule has 2 saturated heterocycles. The first-order valence-electron chi connectivity index (χ1n) is 8.95. The van der Waals surface area contributed by atoms with Crippen molar-refractivity contribution in [2.75, 3.05) is 44.3 Å². The van der Waals surface area contributed by atoms with Gasteiger partial charge in [-0.2, -0.15) is 0 Å². The normalized spacial score (nSPS) is 20.2. The lowest BCUT2D eigenvalue weighted by molar-refractivity contribution is 0.0746. The topological polar surface area (TPSA) is 67.8 Å². The molecule has 0 aromatic carbocycles. The second-order valence-corrected chi connectivity index (χ2v) is 6.46. The van der Waals surface area contributed by atoms with Gasteiger partial charge in [0.25, 0.3) is 5.91 Å². The quantitative estimate of drug-likeness (QED) is 0.831. The summed E-state index contributed by atoms with van der Waals surface area (Å²) in [5, 5.41) is 0. The molecule has 1 atom stereocenters. The van der Waals surface area contributed by atoms with E-state index in [0.717, 1.165) is 31.9 Å². The Morgan fingerprint density at radius 3 is 2.65 bits per heavy atom. The van der Waals surface area contributed by atoms with Gasteiger partial charge < -0.3 is 19.3 Å². The summed E-state index contributed by atoms with van der Waals surface area (Å²) in [4.78, 5) is 25.4. The van der Waals surface area contributed by atoms with Crippen LogP contribution >= 0.6 is 0 Å². The molecule has 2 fully saturated rings. The summed E-state index contributed by atoms with van der Waals surface area (Å²) in [6.07, 6.45) is 4.32. The fraction of sp³-hybridized carbons (Fsp3) is 0.421. The fourth-order valence-electron chi connectivity index (χ4n) is 3.22. The minimum Gasteiger partial charge on any atom is -0.472 e. The Kier molecular flexibility index (Phi) is 4.97. The van der Waals surface area contributed by atoms with E-state index < -0.39 is 0 Å². The number of piperazine rings is 1. The van der Waals surface area contributed by atoms with Crippen LogP contribution in [-0.2, 0) is 4.74 Å². The Morgan fingerprint density at radius 1 is 1.12 bits per heavy atom. The van der Waals surface area contributed by atoms with Gasteiger partial charge >= 0.3 is 0 Å². The highest BCUT2D eigenvalue weighted by Crippen LogP contribution is 2.17. The Bertz CT molecular complexity index is 724. The van der Waals surface area contributed by atoms with Gasteiger partial charge in [0.05, 0.1) is 18.8 Å². The molecule has 2 aromatic heterocycles. The first kappa shape index (κ1) is 16.8. The SMILES string of the molecule is O=C(c1ccc(OC2CCOC2)nc1)N1CCN(c2ccccn2)CC1. The van der Waals surface area contributed by atoms with Gasteiger partial charge in [-0.3, -0.25) is 4.79 Å². The lowest BCUT2D eigenvalue weighted by Gasteiger charge is -2.35. The van der Waals surface area contributed by atoms with E-state index in [0.29, 0.717) is 31.1 Å². The summed E-state index contributed by atoms with van der Waals surface area (Å²) in [5.41, 5.74) is 0.589. The molecule has 0 spiro atoms. The molecule has 7 heteroatoms. The number of carbonyl (C=O) groups excluding carboxylic acids is 1. The maximum Gasteiger partial charge on any atom is 0.255 e. The van der Waals surface area contributed by atoms with Crippen LogP contribution in [0.5, 0.6) is 5.88 Å². The standard InChI is InChI=1S/C19H22N4O3/c24-19(15-4-5-18(21-13-15)26-16-6-12-25-14-16)23-10-8-22(9-11-23)17-3-1-2-7-20-17/h1-5,7,13,16H,6,8-12,14H2. The highest BCUT2D eigenvalue weighted by molar-refractivity contribution is 5.94. The fourth-order valence-corrected chi connectivity index (χ4v) is 3.22. The second kappa shape index (κ2) is 7.70. The number of carbonyl (C=O) groups is 1. The number of hydrogen-bond acceptors (Lipinski definition) is 6. The van der Waals surface area contributed by atoms with Crippen LogP contribution in [0.2, 0.25) is 0 Å². The van der Waals surface area contributed by atoms with Crippen LogP contribution in [0.4, 0.5) is 5.82 Å². The molecule has 1 unspecified atom stereocenters. The van der Waals surface area contributed by atoms with Gasteiger partial charge in [-0.25, -0.2) is 9.97 Å². The third-order valence-electron chi connectivity index (χ3n) is 4.70. The molecule has 2 aliphatic heterocycles. The van der Waals surface area contributed by atoms with Gasteiger partial charge in [-0.15, -0.1) is 0 Å². The van der Waals surface area contributed by atoms with Crippen molar-refractivity contribution in [2.45, 2.75) is 12.5 Å². The Labute approximate surface area is 152 Å². The largest absolute Gasteiger partial charge is 0.472 e. The first-order valence-corrected chi connectivity index (χ1v) is 8.95. The van der Waals surface area contributed by atoms with Crippen LogP contribution in [0, 0.1) is 0 Å². The van der Waals surface area contributed by atoms with Crippen LogP contribution in [0.1, 0.15) is 16.8 Å². The highest BCUT2D eigenvalue weighted by Gasteiger charge is 2.23. The molecule has 2 aliphatic rings. The van der Waals surface area contributed by atoms with E-state index in [1.54, 1.807) is 24.5 Å². The van der Waals surface area contributed by atoms with Crippen molar-refractivity contribution < 1.29 is 14.3 Å². The molecular weight excluding hydrogens is 332 g/mol. The molecule has 136 valence electrons. The zero-order valence-electron chi connectivity index (χ0n) is 14.6. The van der Waals surface area contributed by atoms with Crippen LogP contribution in [0.25, 0.3) is 0 Å². The van der Waals surface area contributed by atoms with Crippen LogP contribution in [0.3, 0.4) is 0 Å². The van der Waals surface area contributed by atoms with Crippen molar-refractivity contribution in [1.29, 1.82) is 0 Å². The number of nitrogens with zero attached hydrogens (tertiary/aromatic N) is 4. The summed E-state index contributed by atoms with van der Waals surface area (Å²) in [6.45, 7) is 4.23. The van der Waals surface area contributed by atoms with Crippen molar-refractivity contribution >= 4 is 11.7 Å². The number of hydrogen-bond donors (Lipinski definition) is 0. The highest BCUT2D eigenvalue weighted by atomic mass is 16.5. The molecule has 26 heavy (non-hydrogen) atoms. The van der Waals surface area contributed by atoms with Crippen molar-refractivity contribution in [3.63, 3.8) is 0 Å². The van der Waals surface area contributed by atoms with Gasteiger partial charge in [0, 0.05) is 51.1 Å². The molecule has 0 radical (unpaired) electrons.